The number of hydrogen-bond donors (Lipinski definition) is 0. The molecule has 0 unspecified atom stereocenters. The summed E-state index contributed by atoms with van der Waals surface area (Å²) in [6, 6.07) is 0. The molecule has 1 fully saturated rings. The third-order valence-corrected chi connectivity index (χ3v) is 2.51. The van der Waals surface area contributed by atoms with E-state index in [-0.39, 0.29) is 0 Å². The molecule has 0 bridgehead atoms. The maximum atomic E-state index is 2.39. The Balaban J connectivity index is 2.42. The number of rotatable bonds is 0. The van der Waals surface area contributed by atoms with Gasteiger partial charge in [-0.1, -0.05) is 27.7 Å². The van der Waals surface area contributed by atoms with E-state index >= 15 is 0 Å². The first-order valence-corrected chi connectivity index (χ1v) is 3.80. The summed E-state index contributed by atoms with van der Waals surface area (Å²) in [4.78, 5) is 0. The zero-order valence-electron chi connectivity index (χ0n) is 5.99. The number of thioether (sulfide) groups is 1. The van der Waals surface area contributed by atoms with Gasteiger partial charge in [-0.3, -0.25) is 0 Å². The SMILES string of the molecule is CC1(C)[CH]C(C)(C)S1. The quantitative estimate of drug-likeness (QED) is 0.484. The molecule has 47 valence electrons. The van der Waals surface area contributed by atoms with E-state index in [9.17, 15) is 0 Å². The fraction of sp³-hybridized carbons (Fsp3) is 0.857. The predicted octanol–water partition coefficient (Wildman–Crippen LogP) is 2.49. The van der Waals surface area contributed by atoms with Crippen molar-refractivity contribution in [3.05, 3.63) is 6.42 Å². The van der Waals surface area contributed by atoms with Crippen LogP contribution in [0, 0.1) is 6.42 Å². The van der Waals surface area contributed by atoms with Gasteiger partial charge in [-0.25, -0.2) is 0 Å². The minimum Gasteiger partial charge on any atom is -0.149 e. The van der Waals surface area contributed by atoms with Crippen LogP contribution in [0.3, 0.4) is 0 Å². The van der Waals surface area contributed by atoms with Crippen molar-refractivity contribution in [1.29, 1.82) is 0 Å². The van der Waals surface area contributed by atoms with Crippen molar-refractivity contribution in [1.82, 2.24) is 0 Å². The van der Waals surface area contributed by atoms with E-state index in [2.05, 4.69) is 34.1 Å². The third kappa shape index (κ3) is 1.19. The highest BCUT2D eigenvalue weighted by Gasteiger charge is 2.43. The molecular formula is C7H13S. The minimum absolute atomic E-state index is 0.448. The van der Waals surface area contributed by atoms with E-state index in [1.165, 1.54) is 0 Å². The Morgan fingerprint density at radius 2 is 1.25 bits per heavy atom. The lowest BCUT2D eigenvalue weighted by atomic mass is 9.97. The molecule has 1 aliphatic heterocycles. The second kappa shape index (κ2) is 1.44. The van der Waals surface area contributed by atoms with Gasteiger partial charge in [-0.05, 0) is 6.42 Å². The maximum Gasteiger partial charge on any atom is 0.0154 e. The van der Waals surface area contributed by atoms with Crippen molar-refractivity contribution in [2.75, 3.05) is 0 Å². The van der Waals surface area contributed by atoms with Gasteiger partial charge in [0.25, 0.3) is 0 Å². The first-order chi connectivity index (χ1) is 3.41. The Kier molecular flexibility index (Phi) is 1.16. The minimum atomic E-state index is 0.448. The van der Waals surface area contributed by atoms with Crippen LogP contribution in [0.1, 0.15) is 27.7 Å². The van der Waals surface area contributed by atoms with Crippen LogP contribution in [-0.2, 0) is 0 Å². The molecular weight excluding hydrogens is 116 g/mol. The highest BCUT2D eigenvalue weighted by molar-refractivity contribution is 8.03. The summed E-state index contributed by atoms with van der Waals surface area (Å²) in [5, 5.41) is 0. The highest BCUT2D eigenvalue weighted by atomic mass is 32.2. The maximum absolute atomic E-state index is 2.39. The molecule has 1 heterocycles. The van der Waals surface area contributed by atoms with Gasteiger partial charge in [-0.2, -0.15) is 0 Å². The van der Waals surface area contributed by atoms with Crippen LogP contribution < -0.4 is 0 Å². The smallest absolute Gasteiger partial charge is 0.0154 e. The van der Waals surface area contributed by atoms with Gasteiger partial charge >= 0.3 is 0 Å². The molecule has 1 aliphatic rings. The van der Waals surface area contributed by atoms with Crippen molar-refractivity contribution in [3.63, 3.8) is 0 Å². The molecule has 0 spiro atoms. The van der Waals surface area contributed by atoms with E-state index in [1.807, 2.05) is 11.8 Å². The number of hydrogen-bond acceptors (Lipinski definition) is 1. The summed E-state index contributed by atoms with van der Waals surface area (Å²) in [6.07, 6.45) is 2.39. The first-order valence-electron chi connectivity index (χ1n) is 2.99. The summed E-state index contributed by atoms with van der Waals surface area (Å²) < 4.78 is 0.896. The molecule has 0 nitrogen and oxygen atoms in total. The van der Waals surface area contributed by atoms with Crippen LogP contribution in [0.5, 0.6) is 0 Å². The van der Waals surface area contributed by atoms with Crippen molar-refractivity contribution < 1.29 is 0 Å². The average molecular weight is 129 g/mol. The molecule has 0 N–H and O–H groups in total. The van der Waals surface area contributed by atoms with Crippen molar-refractivity contribution >= 4 is 11.8 Å². The summed E-state index contributed by atoms with van der Waals surface area (Å²) in [5.74, 6) is 0. The monoisotopic (exact) mass is 129 g/mol. The highest BCUT2D eigenvalue weighted by Crippen LogP contribution is 2.53. The molecule has 8 heavy (non-hydrogen) atoms. The van der Waals surface area contributed by atoms with E-state index in [0.717, 1.165) is 0 Å². The van der Waals surface area contributed by atoms with Gasteiger partial charge in [0.1, 0.15) is 0 Å². The van der Waals surface area contributed by atoms with Crippen LogP contribution in [-0.4, -0.2) is 9.49 Å². The Labute approximate surface area is 56.0 Å². The lowest BCUT2D eigenvalue weighted by Gasteiger charge is -2.48. The average Bonchev–Trinajstić information content (AvgIpc) is 1.20. The summed E-state index contributed by atoms with van der Waals surface area (Å²) >= 11 is 2.03. The van der Waals surface area contributed by atoms with Gasteiger partial charge in [0.15, 0.2) is 0 Å². The van der Waals surface area contributed by atoms with Crippen LogP contribution in [0.4, 0.5) is 0 Å². The van der Waals surface area contributed by atoms with Gasteiger partial charge in [0.2, 0.25) is 0 Å². The Bertz CT molecular complexity index is 81.0. The molecule has 0 saturated carbocycles. The fourth-order valence-electron chi connectivity index (χ4n) is 1.52. The molecule has 0 amide bonds. The van der Waals surface area contributed by atoms with E-state index in [0.29, 0.717) is 9.49 Å². The summed E-state index contributed by atoms with van der Waals surface area (Å²) in [6.45, 7) is 9.01. The zero-order valence-corrected chi connectivity index (χ0v) is 6.80. The van der Waals surface area contributed by atoms with Crippen LogP contribution in [0.2, 0.25) is 0 Å². The summed E-state index contributed by atoms with van der Waals surface area (Å²) in [7, 11) is 0. The van der Waals surface area contributed by atoms with Crippen LogP contribution in [0.15, 0.2) is 0 Å². The lowest BCUT2D eigenvalue weighted by molar-refractivity contribution is 0.621. The molecule has 0 aromatic carbocycles. The molecule has 0 aliphatic carbocycles. The molecule has 0 atom stereocenters. The Morgan fingerprint density at radius 1 is 1.00 bits per heavy atom. The molecule has 1 saturated heterocycles. The van der Waals surface area contributed by atoms with Gasteiger partial charge in [-0.15, -0.1) is 11.8 Å². The molecule has 1 radical (unpaired) electrons. The molecule has 1 heteroatoms. The largest absolute Gasteiger partial charge is 0.149 e. The van der Waals surface area contributed by atoms with Gasteiger partial charge in [0.05, 0.1) is 0 Å². The van der Waals surface area contributed by atoms with Crippen LogP contribution >= 0.6 is 11.8 Å². The standard InChI is InChI=1S/C7H13S/c1-6(2)5-7(3,4)8-6/h5H,1-4H3. The first kappa shape index (κ1) is 6.47. The molecule has 1 rings (SSSR count). The van der Waals surface area contributed by atoms with E-state index < -0.39 is 0 Å². The zero-order chi connectivity index (χ0) is 6.41. The second-order valence-electron chi connectivity index (χ2n) is 3.45. The van der Waals surface area contributed by atoms with Gasteiger partial charge in [0, 0.05) is 9.49 Å². The summed E-state index contributed by atoms with van der Waals surface area (Å²) in [5.41, 5.74) is 0. The van der Waals surface area contributed by atoms with Gasteiger partial charge < -0.3 is 0 Å². The second-order valence-corrected chi connectivity index (χ2v) is 5.76. The Morgan fingerprint density at radius 3 is 1.25 bits per heavy atom. The van der Waals surface area contributed by atoms with E-state index in [4.69, 9.17) is 0 Å². The lowest BCUT2D eigenvalue weighted by Crippen LogP contribution is -2.43. The third-order valence-electron chi connectivity index (χ3n) is 1.22. The van der Waals surface area contributed by atoms with Crippen molar-refractivity contribution in [2.24, 2.45) is 0 Å². The van der Waals surface area contributed by atoms with Crippen molar-refractivity contribution in [3.8, 4) is 0 Å². The predicted molar refractivity (Wildman–Crippen MR) is 40.0 cm³/mol. The molecule has 0 aromatic heterocycles. The molecule has 0 aromatic rings. The Hall–Kier alpha value is 0.350. The topological polar surface area (TPSA) is 0 Å². The normalized spacial score (nSPS) is 31.5. The van der Waals surface area contributed by atoms with E-state index in [1.54, 1.807) is 0 Å². The van der Waals surface area contributed by atoms with Crippen LogP contribution in [0.25, 0.3) is 0 Å². The fourth-order valence-corrected chi connectivity index (χ4v) is 3.39. The van der Waals surface area contributed by atoms with Crippen molar-refractivity contribution in [2.45, 2.75) is 37.2 Å².